The van der Waals surface area contributed by atoms with E-state index in [-0.39, 0.29) is 5.91 Å². The number of carbonyl (C=O) groups is 1. The average Bonchev–Trinajstić information content (AvgIpc) is 2.42. The van der Waals surface area contributed by atoms with Crippen molar-refractivity contribution < 1.29 is 9.90 Å². The molecule has 0 aliphatic rings. The van der Waals surface area contributed by atoms with Gasteiger partial charge in [0.25, 0.3) is 5.91 Å². The van der Waals surface area contributed by atoms with E-state index < -0.39 is 11.1 Å². The zero-order valence-electron chi connectivity index (χ0n) is 10.8. The molecule has 96 valence electrons. The Hall–Kier alpha value is -1.14. The van der Waals surface area contributed by atoms with Crippen LogP contribution in [0.5, 0.6) is 0 Å². The highest BCUT2D eigenvalue weighted by atomic mass is 32.1. The van der Waals surface area contributed by atoms with Crippen molar-refractivity contribution >= 4 is 22.4 Å². The third-order valence-corrected chi connectivity index (χ3v) is 3.96. The molecule has 0 bridgehead atoms. The van der Waals surface area contributed by atoms with Gasteiger partial charge in [0, 0.05) is 0 Å². The van der Waals surface area contributed by atoms with Gasteiger partial charge < -0.3 is 16.2 Å². The highest BCUT2D eigenvalue weighted by molar-refractivity contribution is 7.17. The van der Waals surface area contributed by atoms with Crippen LogP contribution in [0.15, 0.2) is 0 Å². The van der Waals surface area contributed by atoms with Crippen LogP contribution in [0.2, 0.25) is 0 Å². The molecule has 6 heteroatoms. The molecule has 0 atom stereocenters. The molecule has 4 N–H and O–H groups in total. The van der Waals surface area contributed by atoms with Crippen LogP contribution < -0.4 is 11.1 Å². The molecular formula is C11H19N3O2S. The van der Waals surface area contributed by atoms with Crippen molar-refractivity contribution in [2.45, 2.75) is 45.8 Å². The van der Waals surface area contributed by atoms with Crippen LogP contribution in [0, 0.1) is 6.92 Å². The quantitative estimate of drug-likeness (QED) is 0.762. The molecule has 0 saturated carbocycles. The van der Waals surface area contributed by atoms with Crippen LogP contribution in [0.3, 0.4) is 0 Å². The van der Waals surface area contributed by atoms with Crippen LogP contribution in [0.4, 0.5) is 5.13 Å². The van der Waals surface area contributed by atoms with Gasteiger partial charge in [0.15, 0.2) is 5.13 Å². The van der Waals surface area contributed by atoms with Crippen molar-refractivity contribution in [2.75, 3.05) is 5.73 Å². The van der Waals surface area contributed by atoms with E-state index in [9.17, 15) is 9.90 Å². The SMILES string of the molecule is Cc1nc(N)sc1C(=O)NC(C)(C)C(C)(C)O. The topological polar surface area (TPSA) is 88.2 Å². The molecule has 0 aliphatic heterocycles. The summed E-state index contributed by atoms with van der Waals surface area (Å²) in [6, 6.07) is 0. The van der Waals surface area contributed by atoms with E-state index in [1.807, 2.05) is 0 Å². The summed E-state index contributed by atoms with van der Waals surface area (Å²) >= 11 is 1.15. The number of aliphatic hydroxyl groups is 1. The summed E-state index contributed by atoms with van der Waals surface area (Å²) in [6.45, 7) is 8.58. The van der Waals surface area contributed by atoms with E-state index in [1.165, 1.54) is 0 Å². The number of aryl methyl sites for hydroxylation is 1. The first-order chi connectivity index (χ1) is 7.54. The van der Waals surface area contributed by atoms with Gasteiger partial charge in [0.2, 0.25) is 0 Å². The lowest BCUT2D eigenvalue weighted by molar-refractivity contribution is -0.00286. The van der Waals surface area contributed by atoms with E-state index >= 15 is 0 Å². The molecule has 17 heavy (non-hydrogen) atoms. The Labute approximate surface area is 105 Å². The summed E-state index contributed by atoms with van der Waals surface area (Å²) in [5.41, 5.74) is 4.39. The standard InChI is InChI=1S/C11H19N3O2S/c1-6-7(17-9(12)13-6)8(15)14-10(2,3)11(4,5)16/h16H,1-5H3,(H2,12,13)(H,14,15). The van der Waals surface area contributed by atoms with Gasteiger partial charge in [0.1, 0.15) is 4.88 Å². The highest BCUT2D eigenvalue weighted by Gasteiger charge is 2.37. The summed E-state index contributed by atoms with van der Waals surface area (Å²) in [7, 11) is 0. The van der Waals surface area contributed by atoms with Gasteiger partial charge in [-0.3, -0.25) is 4.79 Å². The number of amides is 1. The van der Waals surface area contributed by atoms with Gasteiger partial charge >= 0.3 is 0 Å². The van der Waals surface area contributed by atoms with Crippen molar-refractivity contribution in [3.63, 3.8) is 0 Å². The number of anilines is 1. The number of carbonyl (C=O) groups excluding carboxylic acids is 1. The summed E-state index contributed by atoms with van der Waals surface area (Å²) in [5.74, 6) is -0.260. The van der Waals surface area contributed by atoms with Crippen molar-refractivity contribution in [1.29, 1.82) is 0 Å². The number of nitrogens with zero attached hydrogens (tertiary/aromatic N) is 1. The van der Waals surface area contributed by atoms with E-state index in [2.05, 4.69) is 10.3 Å². The Morgan fingerprint density at radius 1 is 1.41 bits per heavy atom. The lowest BCUT2D eigenvalue weighted by Crippen LogP contribution is -2.57. The summed E-state index contributed by atoms with van der Waals surface area (Å²) < 4.78 is 0. The fourth-order valence-electron chi connectivity index (χ4n) is 1.12. The summed E-state index contributed by atoms with van der Waals surface area (Å²) in [4.78, 5) is 16.5. The number of thiazole rings is 1. The predicted octanol–water partition coefficient (Wildman–Crippen LogP) is 1.31. The van der Waals surface area contributed by atoms with Gasteiger partial charge in [-0.25, -0.2) is 4.98 Å². The lowest BCUT2D eigenvalue weighted by atomic mass is 9.86. The molecule has 1 amide bonds. The molecule has 1 aromatic rings. The number of nitrogens with one attached hydrogen (secondary N) is 1. The van der Waals surface area contributed by atoms with Gasteiger partial charge in [-0.1, -0.05) is 11.3 Å². The lowest BCUT2D eigenvalue weighted by Gasteiger charge is -2.37. The largest absolute Gasteiger partial charge is 0.388 e. The first-order valence-electron chi connectivity index (χ1n) is 5.32. The molecule has 1 heterocycles. The van der Waals surface area contributed by atoms with Crippen molar-refractivity contribution in [2.24, 2.45) is 0 Å². The molecule has 0 aliphatic carbocycles. The van der Waals surface area contributed by atoms with Gasteiger partial charge in [0.05, 0.1) is 16.8 Å². The second-order valence-corrected chi connectivity index (χ2v) is 6.14. The molecule has 0 aromatic carbocycles. The van der Waals surface area contributed by atoms with E-state index in [4.69, 9.17) is 5.73 Å². The average molecular weight is 257 g/mol. The maximum absolute atomic E-state index is 12.0. The van der Waals surface area contributed by atoms with Crippen molar-refractivity contribution in [3.8, 4) is 0 Å². The second kappa shape index (κ2) is 4.27. The van der Waals surface area contributed by atoms with Gasteiger partial charge in [-0.05, 0) is 34.6 Å². The Balaban J connectivity index is 2.91. The van der Waals surface area contributed by atoms with Crippen LogP contribution in [0.25, 0.3) is 0 Å². The minimum absolute atomic E-state index is 0.260. The van der Waals surface area contributed by atoms with E-state index in [1.54, 1.807) is 34.6 Å². The Kier molecular flexibility index (Phi) is 3.50. The molecular weight excluding hydrogens is 238 g/mol. The maximum Gasteiger partial charge on any atom is 0.263 e. The number of nitrogens with two attached hydrogens (primary N) is 1. The minimum Gasteiger partial charge on any atom is -0.388 e. The smallest absolute Gasteiger partial charge is 0.263 e. The Morgan fingerprint density at radius 3 is 2.29 bits per heavy atom. The zero-order valence-corrected chi connectivity index (χ0v) is 11.6. The number of hydrogen-bond acceptors (Lipinski definition) is 5. The first-order valence-corrected chi connectivity index (χ1v) is 6.14. The molecule has 1 aromatic heterocycles. The molecule has 0 radical (unpaired) electrons. The molecule has 0 saturated heterocycles. The maximum atomic E-state index is 12.0. The Bertz CT molecular complexity index is 432. The molecule has 1 rings (SSSR count). The fourth-order valence-corrected chi connectivity index (χ4v) is 1.85. The predicted molar refractivity (Wildman–Crippen MR) is 69.1 cm³/mol. The zero-order chi connectivity index (χ0) is 13.4. The number of nitrogen functional groups attached to an aromatic ring is 1. The fraction of sp³-hybridized carbons (Fsp3) is 0.636. The van der Waals surface area contributed by atoms with Gasteiger partial charge in [-0.2, -0.15) is 0 Å². The number of rotatable bonds is 3. The van der Waals surface area contributed by atoms with E-state index in [0.717, 1.165) is 11.3 Å². The molecule has 5 nitrogen and oxygen atoms in total. The first kappa shape index (κ1) is 13.9. The van der Waals surface area contributed by atoms with Gasteiger partial charge in [-0.15, -0.1) is 0 Å². The number of hydrogen-bond donors (Lipinski definition) is 3. The third kappa shape index (κ3) is 2.95. The molecule has 0 fully saturated rings. The minimum atomic E-state index is -1.02. The molecule has 0 unspecified atom stereocenters. The number of aromatic nitrogens is 1. The van der Waals surface area contributed by atoms with Crippen LogP contribution >= 0.6 is 11.3 Å². The highest BCUT2D eigenvalue weighted by Crippen LogP contribution is 2.24. The summed E-state index contributed by atoms with van der Waals surface area (Å²) in [6.07, 6.45) is 0. The van der Waals surface area contributed by atoms with Crippen LogP contribution in [-0.4, -0.2) is 27.1 Å². The van der Waals surface area contributed by atoms with Crippen LogP contribution in [-0.2, 0) is 0 Å². The Morgan fingerprint density at radius 2 is 1.94 bits per heavy atom. The van der Waals surface area contributed by atoms with Crippen molar-refractivity contribution in [1.82, 2.24) is 10.3 Å². The summed E-state index contributed by atoms with van der Waals surface area (Å²) in [5, 5.41) is 13.1. The van der Waals surface area contributed by atoms with E-state index in [0.29, 0.717) is 15.7 Å². The normalized spacial score (nSPS) is 12.6. The monoisotopic (exact) mass is 257 g/mol. The van der Waals surface area contributed by atoms with Crippen LogP contribution in [0.1, 0.15) is 43.1 Å². The third-order valence-electron chi connectivity index (χ3n) is 2.97. The second-order valence-electron chi connectivity index (χ2n) is 5.10. The molecule has 0 spiro atoms. The van der Waals surface area contributed by atoms with Crippen molar-refractivity contribution in [3.05, 3.63) is 10.6 Å².